The number of aromatic nitrogens is 2. The molecule has 0 aliphatic heterocycles. The molecule has 0 radical (unpaired) electrons. The molecule has 0 aliphatic carbocycles. The lowest BCUT2D eigenvalue weighted by Gasteiger charge is -2.11. The summed E-state index contributed by atoms with van der Waals surface area (Å²) in [6.45, 7) is 0. The molecule has 0 amide bonds. The zero-order valence-corrected chi connectivity index (χ0v) is 28.4. The maximum absolute atomic E-state index is 2.49. The molecule has 0 fully saturated rings. The number of hydrogen-bond acceptors (Lipinski definition) is 1. The van der Waals surface area contributed by atoms with Crippen LogP contribution in [0.3, 0.4) is 0 Å². The van der Waals surface area contributed by atoms with Crippen LogP contribution in [0.1, 0.15) is 0 Å². The predicted molar refractivity (Wildman–Crippen MR) is 219 cm³/mol. The summed E-state index contributed by atoms with van der Waals surface area (Å²) in [4.78, 5) is 0. The molecule has 11 rings (SSSR count). The summed E-state index contributed by atoms with van der Waals surface area (Å²) in [6.07, 6.45) is 0. The monoisotopic (exact) mass is 666 g/mol. The maximum Gasteiger partial charge on any atom is 0.0719 e. The molecule has 3 heteroatoms. The Bertz CT molecular complexity index is 3110. The second-order valence-electron chi connectivity index (χ2n) is 13.3. The van der Waals surface area contributed by atoms with Crippen molar-refractivity contribution in [3.05, 3.63) is 182 Å². The van der Waals surface area contributed by atoms with Gasteiger partial charge in [-0.3, -0.25) is 0 Å². The van der Waals surface area contributed by atoms with Crippen LogP contribution in [0.2, 0.25) is 0 Å². The van der Waals surface area contributed by atoms with Gasteiger partial charge in [0.25, 0.3) is 0 Å². The minimum atomic E-state index is 1.15. The van der Waals surface area contributed by atoms with Crippen LogP contribution in [-0.4, -0.2) is 9.13 Å². The quantitative estimate of drug-likeness (QED) is 0.177. The van der Waals surface area contributed by atoms with Crippen molar-refractivity contribution < 1.29 is 0 Å². The van der Waals surface area contributed by atoms with Gasteiger partial charge in [0.1, 0.15) is 0 Å². The molecule has 0 aliphatic rings. The standard InChI is InChI=1S/C48H30N2S/c1-3-12-31(13-4-1)33-14-11-15-34(28-33)32-22-24-36(25-23-32)49-43-20-9-7-18-37(43)41-29-42-39-26-27-40-38-19-8-10-21-46(38)51-48(40)47(39)50(45(42)30-44(41)49)35-16-5-2-6-17-35/h1-30H. The van der Waals surface area contributed by atoms with Gasteiger partial charge in [-0.2, -0.15) is 0 Å². The molecule has 3 heterocycles. The Morgan fingerprint density at radius 2 is 0.902 bits per heavy atom. The first-order chi connectivity index (χ1) is 25.3. The van der Waals surface area contributed by atoms with Crippen molar-refractivity contribution in [2.24, 2.45) is 0 Å². The number of thiophene rings is 1. The molecule has 3 aromatic heterocycles. The van der Waals surface area contributed by atoms with E-state index in [2.05, 4.69) is 191 Å². The summed E-state index contributed by atoms with van der Waals surface area (Å²) in [5.74, 6) is 0. The summed E-state index contributed by atoms with van der Waals surface area (Å²) in [5.41, 5.74) is 12.1. The van der Waals surface area contributed by atoms with Crippen molar-refractivity contribution >= 4 is 75.1 Å². The molecular formula is C48H30N2S. The number of fused-ring (bicyclic) bond motifs is 10. The van der Waals surface area contributed by atoms with Gasteiger partial charge < -0.3 is 9.13 Å². The van der Waals surface area contributed by atoms with Crippen molar-refractivity contribution in [1.82, 2.24) is 9.13 Å². The van der Waals surface area contributed by atoms with E-state index in [9.17, 15) is 0 Å². The third-order valence-electron chi connectivity index (χ3n) is 10.5. The summed E-state index contributed by atoms with van der Waals surface area (Å²) in [6, 6.07) is 66.5. The number of hydrogen-bond donors (Lipinski definition) is 0. The van der Waals surface area contributed by atoms with Crippen LogP contribution < -0.4 is 0 Å². The van der Waals surface area contributed by atoms with Crippen LogP contribution in [-0.2, 0) is 0 Å². The highest BCUT2D eigenvalue weighted by Gasteiger charge is 2.21. The Morgan fingerprint density at radius 1 is 0.314 bits per heavy atom. The van der Waals surface area contributed by atoms with Gasteiger partial charge >= 0.3 is 0 Å². The topological polar surface area (TPSA) is 9.86 Å². The lowest BCUT2D eigenvalue weighted by atomic mass is 9.99. The Morgan fingerprint density at radius 3 is 1.71 bits per heavy atom. The van der Waals surface area contributed by atoms with Gasteiger partial charge in [0.2, 0.25) is 0 Å². The van der Waals surface area contributed by atoms with E-state index in [0.717, 1.165) is 5.69 Å². The van der Waals surface area contributed by atoms with Crippen molar-refractivity contribution in [1.29, 1.82) is 0 Å². The van der Waals surface area contributed by atoms with Crippen LogP contribution in [0.15, 0.2) is 182 Å². The molecule has 0 unspecified atom stereocenters. The first-order valence-corrected chi connectivity index (χ1v) is 18.3. The third kappa shape index (κ3) is 4.29. The summed E-state index contributed by atoms with van der Waals surface area (Å²) in [5, 5.41) is 7.73. The van der Waals surface area contributed by atoms with Crippen LogP contribution in [0.25, 0.3) is 97.4 Å². The predicted octanol–water partition coefficient (Wildman–Crippen LogP) is 13.6. The van der Waals surface area contributed by atoms with Gasteiger partial charge in [0.05, 0.1) is 26.8 Å². The molecule has 51 heavy (non-hydrogen) atoms. The normalized spacial score (nSPS) is 11.9. The first kappa shape index (κ1) is 28.4. The minimum absolute atomic E-state index is 1.15. The summed E-state index contributed by atoms with van der Waals surface area (Å²) >= 11 is 1.90. The van der Waals surface area contributed by atoms with Crippen LogP contribution in [0, 0.1) is 0 Å². The van der Waals surface area contributed by atoms with Crippen LogP contribution >= 0.6 is 11.3 Å². The van der Waals surface area contributed by atoms with Crippen molar-refractivity contribution in [3.8, 4) is 33.6 Å². The van der Waals surface area contributed by atoms with E-state index < -0.39 is 0 Å². The van der Waals surface area contributed by atoms with Gasteiger partial charge in [-0.1, -0.05) is 127 Å². The van der Waals surface area contributed by atoms with E-state index in [4.69, 9.17) is 0 Å². The SMILES string of the molecule is c1ccc(-c2cccc(-c3ccc(-n4c5ccccc5c5cc6c7ccc8c9ccccc9sc8c7n(-c7ccccc7)c6cc54)cc3)c2)cc1. The fourth-order valence-corrected chi connectivity index (χ4v) is 9.41. The van der Waals surface area contributed by atoms with E-state index in [1.807, 2.05) is 11.3 Å². The van der Waals surface area contributed by atoms with Crippen molar-refractivity contribution in [2.75, 3.05) is 0 Å². The number of rotatable bonds is 4. The zero-order valence-electron chi connectivity index (χ0n) is 27.6. The molecule has 0 saturated heterocycles. The molecule has 0 saturated carbocycles. The van der Waals surface area contributed by atoms with Crippen molar-refractivity contribution in [2.45, 2.75) is 0 Å². The second-order valence-corrected chi connectivity index (χ2v) is 14.4. The molecular weight excluding hydrogens is 637 g/mol. The Balaban J connectivity index is 1.16. The van der Waals surface area contributed by atoms with E-state index in [1.54, 1.807) is 0 Å². The molecule has 2 nitrogen and oxygen atoms in total. The molecule has 0 bridgehead atoms. The average Bonchev–Trinajstić information content (AvgIpc) is 3.85. The highest BCUT2D eigenvalue weighted by Crippen LogP contribution is 2.45. The molecule has 0 spiro atoms. The molecule has 8 aromatic carbocycles. The van der Waals surface area contributed by atoms with E-state index in [1.165, 1.54) is 91.7 Å². The minimum Gasteiger partial charge on any atom is -0.309 e. The zero-order chi connectivity index (χ0) is 33.5. The van der Waals surface area contributed by atoms with E-state index >= 15 is 0 Å². The maximum atomic E-state index is 2.49. The van der Waals surface area contributed by atoms with Crippen LogP contribution in [0.4, 0.5) is 0 Å². The fraction of sp³-hybridized carbons (Fsp3) is 0. The second kappa shape index (κ2) is 11.0. The molecule has 11 aromatic rings. The van der Waals surface area contributed by atoms with Gasteiger partial charge in [-0.15, -0.1) is 11.3 Å². The Kier molecular flexibility index (Phi) is 6.16. The fourth-order valence-electron chi connectivity index (χ4n) is 8.17. The van der Waals surface area contributed by atoms with E-state index in [0.29, 0.717) is 0 Å². The van der Waals surface area contributed by atoms with E-state index in [-0.39, 0.29) is 0 Å². The lowest BCUT2D eigenvalue weighted by molar-refractivity contribution is 1.17. The largest absolute Gasteiger partial charge is 0.309 e. The Hall–Kier alpha value is -6.42. The lowest BCUT2D eigenvalue weighted by Crippen LogP contribution is -1.96. The highest BCUT2D eigenvalue weighted by atomic mass is 32.1. The molecule has 0 N–H and O–H groups in total. The van der Waals surface area contributed by atoms with Gasteiger partial charge in [-0.25, -0.2) is 0 Å². The average molecular weight is 667 g/mol. The summed E-state index contributed by atoms with van der Waals surface area (Å²) < 4.78 is 7.59. The highest BCUT2D eigenvalue weighted by molar-refractivity contribution is 7.26. The van der Waals surface area contributed by atoms with Gasteiger partial charge in [0, 0.05) is 48.4 Å². The smallest absolute Gasteiger partial charge is 0.0719 e. The first-order valence-electron chi connectivity index (χ1n) is 17.4. The third-order valence-corrected chi connectivity index (χ3v) is 11.7. The van der Waals surface area contributed by atoms with Crippen molar-refractivity contribution in [3.63, 3.8) is 0 Å². The van der Waals surface area contributed by atoms with Gasteiger partial charge in [-0.05, 0) is 76.9 Å². The molecule has 238 valence electrons. The number of nitrogens with zero attached hydrogens (tertiary/aromatic N) is 2. The number of para-hydroxylation sites is 2. The summed E-state index contributed by atoms with van der Waals surface area (Å²) in [7, 11) is 0. The molecule has 0 atom stereocenters. The van der Waals surface area contributed by atoms with Crippen LogP contribution in [0.5, 0.6) is 0 Å². The van der Waals surface area contributed by atoms with Gasteiger partial charge in [0.15, 0.2) is 0 Å². The number of benzene rings is 8. The Labute approximate surface area is 298 Å².